The zero-order valence-corrected chi connectivity index (χ0v) is 12.0. The van der Waals surface area contributed by atoms with E-state index in [1.807, 2.05) is 6.07 Å². The Morgan fingerprint density at radius 3 is 2.39 bits per heavy atom. The fourth-order valence-electron chi connectivity index (χ4n) is 2.22. The molecule has 0 amide bonds. The van der Waals surface area contributed by atoms with E-state index in [0.29, 0.717) is 11.8 Å². The van der Waals surface area contributed by atoms with Crippen LogP contribution in [0.25, 0.3) is 0 Å². The molecular formula is C15H21ClO2. The van der Waals surface area contributed by atoms with Crippen LogP contribution in [-0.4, -0.2) is 18.6 Å². The third-order valence-electron chi connectivity index (χ3n) is 3.41. The highest BCUT2D eigenvalue weighted by Gasteiger charge is 2.21. The Balaban J connectivity index is 2.22. The molecule has 1 aliphatic rings. The van der Waals surface area contributed by atoms with E-state index < -0.39 is 0 Å². The van der Waals surface area contributed by atoms with E-state index in [1.165, 1.54) is 5.56 Å². The van der Waals surface area contributed by atoms with Gasteiger partial charge in [0.2, 0.25) is 0 Å². The summed E-state index contributed by atoms with van der Waals surface area (Å²) in [6, 6.07) is 6.16. The zero-order chi connectivity index (χ0) is 13.1. The van der Waals surface area contributed by atoms with Gasteiger partial charge in [-0.15, -0.1) is 11.6 Å². The van der Waals surface area contributed by atoms with Gasteiger partial charge in [-0.05, 0) is 29.5 Å². The van der Waals surface area contributed by atoms with Gasteiger partial charge in [0.25, 0.3) is 0 Å². The molecule has 0 aromatic heterocycles. The van der Waals surface area contributed by atoms with Crippen molar-refractivity contribution in [3.05, 3.63) is 23.8 Å². The average molecular weight is 269 g/mol. The lowest BCUT2D eigenvalue weighted by atomic mass is 9.91. The van der Waals surface area contributed by atoms with Gasteiger partial charge in [0, 0.05) is 11.8 Å². The Morgan fingerprint density at radius 2 is 1.72 bits per heavy atom. The molecule has 0 N–H and O–H groups in total. The summed E-state index contributed by atoms with van der Waals surface area (Å²) in [5.74, 6) is 2.46. The van der Waals surface area contributed by atoms with Gasteiger partial charge in [-0.3, -0.25) is 0 Å². The van der Waals surface area contributed by atoms with Crippen LogP contribution in [0.2, 0.25) is 0 Å². The molecule has 0 aliphatic carbocycles. The molecule has 0 fully saturated rings. The fraction of sp³-hybridized carbons (Fsp3) is 0.600. The molecule has 1 aromatic rings. The van der Waals surface area contributed by atoms with Gasteiger partial charge in [-0.2, -0.15) is 0 Å². The number of hydrogen-bond donors (Lipinski definition) is 0. The minimum absolute atomic E-state index is 0.134. The second kappa shape index (κ2) is 5.83. The molecule has 1 aromatic carbocycles. The normalized spacial score (nSPS) is 18.3. The van der Waals surface area contributed by atoms with E-state index in [2.05, 4.69) is 32.9 Å². The maximum absolute atomic E-state index is 6.44. The first-order valence-electron chi connectivity index (χ1n) is 6.63. The number of ether oxygens (including phenoxy) is 2. The van der Waals surface area contributed by atoms with Crippen LogP contribution in [-0.2, 0) is 0 Å². The van der Waals surface area contributed by atoms with Gasteiger partial charge in [-0.1, -0.05) is 26.8 Å². The molecule has 0 bridgehead atoms. The van der Waals surface area contributed by atoms with Crippen LogP contribution in [0.15, 0.2) is 18.2 Å². The smallest absolute Gasteiger partial charge is 0.161 e. The molecule has 2 nitrogen and oxygen atoms in total. The van der Waals surface area contributed by atoms with E-state index in [4.69, 9.17) is 21.1 Å². The highest BCUT2D eigenvalue weighted by atomic mass is 35.5. The van der Waals surface area contributed by atoms with Crippen LogP contribution in [0.4, 0.5) is 0 Å². The van der Waals surface area contributed by atoms with E-state index in [-0.39, 0.29) is 5.38 Å². The van der Waals surface area contributed by atoms with E-state index in [1.54, 1.807) is 0 Å². The lowest BCUT2D eigenvalue weighted by molar-refractivity contribution is 0.297. The number of halogens is 1. The molecule has 1 aliphatic heterocycles. The monoisotopic (exact) mass is 268 g/mol. The predicted molar refractivity (Wildman–Crippen MR) is 74.9 cm³/mol. The summed E-state index contributed by atoms with van der Waals surface area (Å²) in [6.45, 7) is 7.91. The third-order valence-corrected chi connectivity index (χ3v) is 4.29. The Labute approximate surface area is 114 Å². The number of alkyl halides is 1. The first-order chi connectivity index (χ1) is 8.59. The first-order valence-corrected chi connectivity index (χ1v) is 7.07. The molecule has 0 radical (unpaired) electrons. The quantitative estimate of drug-likeness (QED) is 0.765. The molecular weight excluding hydrogens is 248 g/mol. The fourth-order valence-corrected chi connectivity index (χ4v) is 2.37. The topological polar surface area (TPSA) is 18.5 Å². The van der Waals surface area contributed by atoms with Crippen LogP contribution in [0.3, 0.4) is 0 Å². The second-order valence-corrected chi connectivity index (χ2v) is 5.74. The standard InChI is InChI=1S/C15H21ClO2/c1-10(2)15(16)11(3)12-5-6-13-14(9-12)18-8-4-7-17-13/h5-6,9-11,15H,4,7-8H2,1-3H3. The lowest BCUT2D eigenvalue weighted by Crippen LogP contribution is -2.16. The van der Waals surface area contributed by atoms with Gasteiger partial charge in [0.05, 0.1) is 13.2 Å². The minimum Gasteiger partial charge on any atom is -0.490 e. The van der Waals surface area contributed by atoms with Gasteiger partial charge in [0.1, 0.15) is 0 Å². The van der Waals surface area contributed by atoms with Crippen LogP contribution < -0.4 is 9.47 Å². The van der Waals surface area contributed by atoms with Crippen molar-refractivity contribution in [2.24, 2.45) is 5.92 Å². The molecule has 2 unspecified atom stereocenters. The molecule has 1 heterocycles. The van der Waals surface area contributed by atoms with Crippen LogP contribution >= 0.6 is 11.6 Å². The molecule has 2 atom stereocenters. The van der Waals surface area contributed by atoms with Gasteiger partial charge in [-0.25, -0.2) is 0 Å². The van der Waals surface area contributed by atoms with Crippen molar-refractivity contribution < 1.29 is 9.47 Å². The summed E-state index contributed by atoms with van der Waals surface area (Å²) < 4.78 is 11.3. The van der Waals surface area contributed by atoms with Gasteiger partial charge < -0.3 is 9.47 Å². The SMILES string of the molecule is CC(C)C(Cl)C(C)c1ccc2c(c1)OCCCO2. The van der Waals surface area contributed by atoms with Crippen LogP contribution in [0.1, 0.15) is 38.7 Å². The molecule has 100 valence electrons. The Morgan fingerprint density at radius 1 is 1.06 bits per heavy atom. The average Bonchev–Trinajstić information content (AvgIpc) is 2.60. The van der Waals surface area contributed by atoms with Gasteiger partial charge >= 0.3 is 0 Å². The number of fused-ring (bicyclic) bond motifs is 1. The Kier molecular flexibility index (Phi) is 4.39. The summed E-state index contributed by atoms with van der Waals surface area (Å²) in [7, 11) is 0. The highest BCUT2D eigenvalue weighted by Crippen LogP contribution is 2.35. The van der Waals surface area contributed by atoms with E-state index in [0.717, 1.165) is 31.1 Å². The van der Waals surface area contributed by atoms with Crippen molar-refractivity contribution in [1.82, 2.24) is 0 Å². The molecule has 0 saturated heterocycles. The first kappa shape index (κ1) is 13.5. The van der Waals surface area contributed by atoms with Crippen LogP contribution in [0.5, 0.6) is 11.5 Å². The molecule has 3 heteroatoms. The van der Waals surface area contributed by atoms with Gasteiger partial charge in [0.15, 0.2) is 11.5 Å². The molecule has 18 heavy (non-hydrogen) atoms. The van der Waals surface area contributed by atoms with Crippen molar-refractivity contribution in [2.45, 2.75) is 38.5 Å². The van der Waals surface area contributed by atoms with Crippen molar-refractivity contribution in [3.63, 3.8) is 0 Å². The Hall–Kier alpha value is -0.890. The number of benzene rings is 1. The van der Waals surface area contributed by atoms with E-state index >= 15 is 0 Å². The second-order valence-electron chi connectivity index (χ2n) is 5.23. The zero-order valence-electron chi connectivity index (χ0n) is 11.3. The number of rotatable bonds is 3. The molecule has 2 rings (SSSR count). The van der Waals surface area contributed by atoms with Crippen molar-refractivity contribution in [2.75, 3.05) is 13.2 Å². The van der Waals surface area contributed by atoms with E-state index in [9.17, 15) is 0 Å². The summed E-state index contributed by atoms with van der Waals surface area (Å²) in [5, 5.41) is 0.134. The minimum atomic E-state index is 0.134. The summed E-state index contributed by atoms with van der Waals surface area (Å²) >= 11 is 6.44. The highest BCUT2D eigenvalue weighted by molar-refractivity contribution is 6.21. The maximum Gasteiger partial charge on any atom is 0.161 e. The Bertz CT molecular complexity index is 403. The number of hydrogen-bond acceptors (Lipinski definition) is 2. The van der Waals surface area contributed by atoms with Crippen molar-refractivity contribution >= 4 is 11.6 Å². The van der Waals surface area contributed by atoms with Crippen molar-refractivity contribution in [3.8, 4) is 11.5 Å². The predicted octanol–water partition coefficient (Wildman–Crippen LogP) is 4.21. The third kappa shape index (κ3) is 2.92. The largest absolute Gasteiger partial charge is 0.490 e. The lowest BCUT2D eigenvalue weighted by Gasteiger charge is -2.22. The summed E-state index contributed by atoms with van der Waals surface area (Å²) in [4.78, 5) is 0. The maximum atomic E-state index is 6.44. The van der Waals surface area contributed by atoms with Crippen LogP contribution in [0, 0.1) is 5.92 Å². The summed E-state index contributed by atoms with van der Waals surface area (Å²) in [5.41, 5.74) is 1.22. The van der Waals surface area contributed by atoms with Crippen molar-refractivity contribution in [1.29, 1.82) is 0 Å². The molecule has 0 saturated carbocycles. The summed E-state index contributed by atoms with van der Waals surface area (Å²) in [6.07, 6.45) is 0.934. The molecule has 0 spiro atoms.